The minimum atomic E-state index is -1.71. The fraction of sp³-hybridized carbons (Fsp3) is 0.417. The first kappa shape index (κ1) is 17.8. The van der Waals surface area contributed by atoms with Gasteiger partial charge in [0, 0.05) is 28.0 Å². The van der Waals surface area contributed by atoms with Crippen molar-refractivity contribution in [3.05, 3.63) is 80.9 Å². The molecule has 1 aliphatic heterocycles. The lowest BCUT2D eigenvalue weighted by Crippen LogP contribution is -2.57. The molecule has 2 aromatic rings. The SMILES string of the molecule is O=C1[C@H]2C3c4ccccc4C([N+](=O)[O-])(c4ccccc43)[C@H]2C(=O)N1C1CCCCC1. The van der Waals surface area contributed by atoms with Crippen molar-refractivity contribution in [2.75, 3.05) is 0 Å². The van der Waals surface area contributed by atoms with Gasteiger partial charge in [-0.1, -0.05) is 67.8 Å². The average molecular weight is 402 g/mol. The molecule has 1 heterocycles. The molecule has 2 aromatic carbocycles. The van der Waals surface area contributed by atoms with Crippen LogP contribution in [0.5, 0.6) is 0 Å². The van der Waals surface area contributed by atoms with Gasteiger partial charge in [-0.3, -0.25) is 24.6 Å². The van der Waals surface area contributed by atoms with E-state index < -0.39 is 17.4 Å². The van der Waals surface area contributed by atoms with Crippen molar-refractivity contribution in [3.63, 3.8) is 0 Å². The van der Waals surface area contributed by atoms with Crippen molar-refractivity contribution in [2.24, 2.45) is 11.8 Å². The predicted molar refractivity (Wildman–Crippen MR) is 108 cm³/mol. The number of carbonyl (C=O) groups excluding carboxylic acids is 2. The van der Waals surface area contributed by atoms with Crippen molar-refractivity contribution in [3.8, 4) is 0 Å². The van der Waals surface area contributed by atoms with Gasteiger partial charge < -0.3 is 0 Å². The first-order valence-electron chi connectivity index (χ1n) is 10.8. The first-order valence-corrected chi connectivity index (χ1v) is 10.8. The second-order valence-electron chi connectivity index (χ2n) is 9.02. The molecule has 0 N–H and O–H groups in total. The zero-order chi connectivity index (χ0) is 20.6. The number of carbonyl (C=O) groups is 2. The summed E-state index contributed by atoms with van der Waals surface area (Å²) in [6.07, 6.45) is 4.68. The molecule has 4 aliphatic carbocycles. The number of hydrogen-bond acceptors (Lipinski definition) is 4. The van der Waals surface area contributed by atoms with Gasteiger partial charge in [0.05, 0.1) is 5.92 Å². The molecule has 152 valence electrons. The summed E-state index contributed by atoms with van der Waals surface area (Å²) in [5, 5.41) is 12.9. The van der Waals surface area contributed by atoms with Crippen LogP contribution in [-0.4, -0.2) is 27.7 Å². The Bertz CT molecular complexity index is 1060. The van der Waals surface area contributed by atoms with Gasteiger partial charge in [-0.2, -0.15) is 0 Å². The third-order valence-corrected chi connectivity index (χ3v) is 7.84. The molecule has 2 amide bonds. The summed E-state index contributed by atoms with van der Waals surface area (Å²) in [6.45, 7) is 0. The van der Waals surface area contributed by atoms with Crippen LogP contribution in [-0.2, 0) is 15.1 Å². The molecule has 0 radical (unpaired) electrons. The third-order valence-electron chi connectivity index (χ3n) is 7.84. The molecule has 1 saturated carbocycles. The van der Waals surface area contributed by atoms with Crippen LogP contribution in [0.15, 0.2) is 48.5 Å². The standard InChI is InChI=1S/C24H22N2O4/c27-22-20-19-15-10-4-6-12-17(15)24(26(29)30,18-13-7-5-11-16(18)19)21(20)23(28)25(22)14-8-2-1-3-9-14/h4-7,10-14,19-21H,1-3,8-9H2/t19?,20-,21+,24?/m0/s1. The quantitative estimate of drug-likeness (QED) is 0.437. The number of rotatable bonds is 2. The van der Waals surface area contributed by atoms with Gasteiger partial charge in [-0.05, 0) is 24.0 Å². The minimum Gasteiger partial charge on any atom is -0.279 e. The topological polar surface area (TPSA) is 80.5 Å². The van der Waals surface area contributed by atoms with Crippen LogP contribution < -0.4 is 0 Å². The molecule has 2 atom stereocenters. The summed E-state index contributed by atoms with van der Waals surface area (Å²) in [6, 6.07) is 14.5. The van der Waals surface area contributed by atoms with E-state index in [-0.39, 0.29) is 28.7 Å². The summed E-state index contributed by atoms with van der Waals surface area (Å²) in [7, 11) is 0. The van der Waals surface area contributed by atoms with Crippen molar-refractivity contribution < 1.29 is 14.5 Å². The summed E-state index contributed by atoms with van der Waals surface area (Å²) in [4.78, 5) is 41.5. The summed E-state index contributed by atoms with van der Waals surface area (Å²) in [5.74, 6) is -2.54. The largest absolute Gasteiger partial charge is 0.284 e. The van der Waals surface area contributed by atoms with Crippen LogP contribution in [0.25, 0.3) is 0 Å². The highest BCUT2D eigenvalue weighted by Crippen LogP contribution is 2.64. The van der Waals surface area contributed by atoms with Crippen molar-refractivity contribution in [1.29, 1.82) is 0 Å². The number of amides is 2. The summed E-state index contributed by atoms with van der Waals surface area (Å²) in [5.41, 5.74) is 1.09. The van der Waals surface area contributed by atoms with E-state index in [1.54, 1.807) is 24.3 Å². The molecule has 0 unspecified atom stereocenters. The van der Waals surface area contributed by atoms with Crippen LogP contribution in [0.1, 0.15) is 60.3 Å². The second-order valence-corrected chi connectivity index (χ2v) is 9.02. The molecule has 2 bridgehead atoms. The summed E-state index contributed by atoms with van der Waals surface area (Å²) >= 11 is 0. The maximum atomic E-state index is 13.8. The van der Waals surface area contributed by atoms with E-state index in [9.17, 15) is 19.7 Å². The highest BCUT2D eigenvalue weighted by Gasteiger charge is 2.75. The van der Waals surface area contributed by atoms with E-state index in [0.717, 1.165) is 43.2 Å². The molecule has 7 rings (SSSR count). The number of nitro groups is 1. The van der Waals surface area contributed by atoms with Crippen molar-refractivity contribution in [1.82, 2.24) is 4.90 Å². The van der Waals surface area contributed by atoms with Gasteiger partial charge in [0.1, 0.15) is 5.92 Å². The van der Waals surface area contributed by atoms with E-state index >= 15 is 0 Å². The molecule has 6 heteroatoms. The Kier molecular flexibility index (Phi) is 3.56. The minimum absolute atomic E-state index is 0.126. The fourth-order valence-corrected chi connectivity index (χ4v) is 6.76. The highest BCUT2D eigenvalue weighted by atomic mass is 16.6. The van der Waals surface area contributed by atoms with Gasteiger partial charge >= 0.3 is 0 Å². The van der Waals surface area contributed by atoms with Crippen LogP contribution in [0, 0.1) is 22.0 Å². The molecular weight excluding hydrogens is 380 g/mol. The van der Waals surface area contributed by atoms with Crippen LogP contribution in [0.3, 0.4) is 0 Å². The number of benzene rings is 2. The van der Waals surface area contributed by atoms with Gasteiger partial charge in [-0.15, -0.1) is 0 Å². The molecule has 0 aromatic heterocycles. The second kappa shape index (κ2) is 6.00. The predicted octanol–water partition coefficient (Wildman–Crippen LogP) is 3.60. The average Bonchev–Trinajstić information content (AvgIpc) is 3.05. The lowest BCUT2D eigenvalue weighted by atomic mass is 9.51. The molecule has 0 spiro atoms. The third kappa shape index (κ3) is 1.90. The maximum Gasteiger partial charge on any atom is 0.284 e. The van der Waals surface area contributed by atoms with Gasteiger partial charge in [0.25, 0.3) is 5.54 Å². The highest BCUT2D eigenvalue weighted by molar-refractivity contribution is 6.08. The van der Waals surface area contributed by atoms with E-state index in [2.05, 4.69) is 0 Å². The molecular formula is C24H22N2O4. The molecule has 5 aliphatic rings. The normalized spacial score (nSPS) is 32.0. The summed E-state index contributed by atoms with van der Waals surface area (Å²) < 4.78 is 0. The van der Waals surface area contributed by atoms with Gasteiger partial charge in [-0.25, -0.2) is 0 Å². The van der Waals surface area contributed by atoms with Crippen LogP contribution >= 0.6 is 0 Å². The Balaban J connectivity index is 1.63. The smallest absolute Gasteiger partial charge is 0.279 e. The lowest BCUT2D eigenvalue weighted by molar-refractivity contribution is -0.578. The van der Waals surface area contributed by atoms with E-state index in [0.29, 0.717) is 11.1 Å². The molecule has 1 saturated heterocycles. The molecule has 2 fully saturated rings. The zero-order valence-electron chi connectivity index (χ0n) is 16.5. The Morgan fingerprint density at radius 2 is 1.43 bits per heavy atom. The van der Waals surface area contributed by atoms with Gasteiger partial charge in [0.15, 0.2) is 0 Å². The molecule has 6 nitrogen and oxygen atoms in total. The molecule has 30 heavy (non-hydrogen) atoms. The van der Waals surface area contributed by atoms with Crippen molar-refractivity contribution >= 4 is 11.8 Å². The Hall–Kier alpha value is -3.02. The van der Waals surface area contributed by atoms with E-state index in [4.69, 9.17) is 0 Å². The lowest BCUT2D eigenvalue weighted by Gasteiger charge is -2.48. The first-order chi connectivity index (χ1) is 14.6. The number of imide groups is 1. The Morgan fingerprint density at radius 1 is 0.867 bits per heavy atom. The number of nitrogens with zero attached hydrogens (tertiary/aromatic N) is 2. The maximum absolute atomic E-state index is 13.8. The van der Waals surface area contributed by atoms with Crippen LogP contribution in [0.4, 0.5) is 0 Å². The van der Waals surface area contributed by atoms with Crippen LogP contribution in [0.2, 0.25) is 0 Å². The number of likely N-dealkylation sites (tertiary alicyclic amines) is 1. The monoisotopic (exact) mass is 402 g/mol. The fourth-order valence-electron chi connectivity index (χ4n) is 6.76. The Morgan fingerprint density at radius 3 is 2.00 bits per heavy atom. The van der Waals surface area contributed by atoms with Gasteiger partial charge in [0.2, 0.25) is 11.8 Å². The zero-order valence-corrected chi connectivity index (χ0v) is 16.5. The Labute approximate surface area is 174 Å². The number of hydrogen-bond donors (Lipinski definition) is 0. The van der Waals surface area contributed by atoms with Crippen molar-refractivity contribution in [2.45, 2.75) is 49.6 Å². The van der Waals surface area contributed by atoms with E-state index in [1.165, 1.54) is 4.90 Å². The van der Waals surface area contributed by atoms with E-state index in [1.807, 2.05) is 24.3 Å².